The highest BCUT2D eigenvalue weighted by atomic mass is 16.5. The smallest absolute Gasteiger partial charge is 0.231 e. The Kier molecular flexibility index (Phi) is 3.81. The Morgan fingerprint density at radius 2 is 2.20 bits per heavy atom. The zero-order valence-electron chi connectivity index (χ0n) is 11.4. The Labute approximate surface area is 118 Å². The van der Waals surface area contributed by atoms with Crippen molar-refractivity contribution >= 4 is 5.91 Å². The molecule has 1 heterocycles. The number of benzene rings is 1. The number of aromatic nitrogens is 2. The maximum Gasteiger partial charge on any atom is 0.231 e. The summed E-state index contributed by atoms with van der Waals surface area (Å²) in [7, 11) is 0. The molecule has 0 unspecified atom stereocenters. The third-order valence-corrected chi connectivity index (χ3v) is 3.67. The van der Waals surface area contributed by atoms with E-state index < -0.39 is 0 Å². The van der Waals surface area contributed by atoms with Gasteiger partial charge in [-0.2, -0.15) is 0 Å². The second-order valence-corrected chi connectivity index (χ2v) is 5.10. The Morgan fingerprint density at radius 3 is 3.05 bits per heavy atom. The number of rotatable bonds is 5. The summed E-state index contributed by atoms with van der Waals surface area (Å²) in [6, 6.07) is 6.33. The van der Waals surface area contributed by atoms with Crippen LogP contribution in [0, 0.1) is 0 Å². The van der Waals surface area contributed by atoms with Crippen molar-refractivity contribution in [1.82, 2.24) is 9.55 Å². The number of hydrogen-bond donors (Lipinski definition) is 0. The first-order chi connectivity index (χ1) is 9.83. The van der Waals surface area contributed by atoms with Crippen molar-refractivity contribution in [2.24, 2.45) is 0 Å². The van der Waals surface area contributed by atoms with Crippen LogP contribution in [0.2, 0.25) is 0 Å². The maximum absolute atomic E-state index is 11.7. The molecule has 0 saturated heterocycles. The lowest BCUT2D eigenvalue weighted by atomic mass is 10.1. The van der Waals surface area contributed by atoms with E-state index in [0.29, 0.717) is 19.4 Å². The van der Waals surface area contributed by atoms with Gasteiger partial charge in [0.2, 0.25) is 5.91 Å². The van der Waals surface area contributed by atoms with E-state index in [-0.39, 0.29) is 5.91 Å². The fourth-order valence-corrected chi connectivity index (χ4v) is 2.59. The molecule has 0 spiro atoms. The Bertz CT molecular complexity index is 591. The number of aryl methyl sites for hydroxylation is 2. The topological polar surface area (TPSA) is 44.1 Å². The quantitative estimate of drug-likeness (QED) is 0.785. The van der Waals surface area contributed by atoms with Gasteiger partial charge in [0, 0.05) is 18.8 Å². The summed E-state index contributed by atoms with van der Waals surface area (Å²) < 4.78 is 7.23. The molecule has 0 N–H and O–H groups in total. The Hall–Kier alpha value is -2.10. The second kappa shape index (κ2) is 5.90. The van der Waals surface area contributed by atoms with Crippen LogP contribution in [0.15, 0.2) is 36.9 Å². The summed E-state index contributed by atoms with van der Waals surface area (Å²) >= 11 is 0. The number of imidazole rings is 1. The van der Waals surface area contributed by atoms with E-state index in [2.05, 4.69) is 17.1 Å². The van der Waals surface area contributed by atoms with Crippen LogP contribution in [0.3, 0.4) is 0 Å². The number of fused-ring (bicyclic) bond motifs is 1. The van der Waals surface area contributed by atoms with E-state index in [1.807, 2.05) is 6.07 Å². The van der Waals surface area contributed by atoms with Crippen LogP contribution in [0.4, 0.5) is 0 Å². The molecule has 0 saturated carbocycles. The largest absolute Gasteiger partial charge is 0.494 e. The van der Waals surface area contributed by atoms with Gasteiger partial charge in [0.25, 0.3) is 0 Å². The molecule has 1 aromatic heterocycles. The number of nitrogens with zero attached hydrogens (tertiary/aromatic N) is 2. The molecule has 1 aliphatic carbocycles. The minimum absolute atomic E-state index is 0.0556. The molecule has 1 aromatic carbocycles. The van der Waals surface area contributed by atoms with Gasteiger partial charge in [-0.3, -0.25) is 9.36 Å². The van der Waals surface area contributed by atoms with Gasteiger partial charge in [0.1, 0.15) is 12.1 Å². The second-order valence-electron chi connectivity index (χ2n) is 5.10. The van der Waals surface area contributed by atoms with Crippen LogP contribution in [0.1, 0.15) is 35.2 Å². The number of ether oxygens (including phenoxy) is 1. The average molecular weight is 270 g/mol. The molecule has 2 aromatic rings. The van der Waals surface area contributed by atoms with Crippen molar-refractivity contribution < 1.29 is 9.53 Å². The molecule has 3 rings (SSSR count). The average Bonchev–Trinajstić information content (AvgIpc) is 3.13. The van der Waals surface area contributed by atoms with Crippen molar-refractivity contribution in [3.8, 4) is 5.75 Å². The molecular formula is C16H18N2O2. The van der Waals surface area contributed by atoms with Crippen LogP contribution >= 0.6 is 0 Å². The van der Waals surface area contributed by atoms with Crippen molar-refractivity contribution in [1.29, 1.82) is 0 Å². The van der Waals surface area contributed by atoms with E-state index >= 15 is 0 Å². The number of hydrogen-bond acceptors (Lipinski definition) is 3. The molecule has 0 bridgehead atoms. The van der Waals surface area contributed by atoms with Crippen LogP contribution in [-0.4, -0.2) is 22.1 Å². The van der Waals surface area contributed by atoms with Gasteiger partial charge in [-0.25, -0.2) is 4.98 Å². The first-order valence-electron chi connectivity index (χ1n) is 7.09. The van der Waals surface area contributed by atoms with E-state index in [9.17, 15) is 4.79 Å². The van der Waals surface area contributed by atoms with E-state index in [0.717, 1.165) is 12.2 Å². The summed E-state index contributed by atoms with van der Waals surface area (Å²) in [5, 5.41) is 0. The standard InChI is InChI=1S/C16H18N2O2/c19-16(18-9-8-17-12-18)5-2-10-20-15-7-6-13-3-1-4-14(13)11-15/h6-9,11-12H,1-5,10H2. The third kappa shape index (κ3) is 2.90. The van der Waals surface area contributed by atoms with Crippen LogP contribution in [-0.2, 0) is 12.8 Å². The highest BCUT2D eigenvalue weighted by Crippen LogP contribution is 2.26. The molecule has 1 aliphatic rings. The van der Waals surface area contributed by atoms with Crippen LogP contribution in [0.5, 0.6) is 5.75 Å². The van der Waals surface area contributed by atoms with Gasteiger partial charge in [0.05, 0.1) is 6.61 Å². The fraction of sp³-hybridized carbons (Fsp3) is 0.375. The van der Waals surface area contributed by atoms with Gasteiger partial charge in [-0.15, -0.1) is 0 Å². The molecule has 0 radical (unpaired) electrons. The summed E-state index contributed by atoms with van der Waals surface area (Å²) in [5.74, 6) is 0.973. The predicted octanol–water partition coefficient (Wildman–Crippen LogP) is 2.87. The van der Waals surface area contributed by atoms with Crippen molar-refractivity contribution in [3.63, 3.8) is 0 Å². The molecule has 0 fully saturated rings. The van der Waals surface area contributed by atoms with Gasteiger partial charge in [-0.05, 0) is 48.9 Å². The summed E-state index contributed by atoms with van der Waals surface area (Å²) in [4.78, 5) is 15.6. The Morgan fingerprint density at radius 1 is 1.30 bits per heavy atom. The Balaban J connectivity index is 1.45. The molecular weight excluding hydrogens is 252 g/mol. The molecule has 4 heteroatoms. The minimum atomic E-state index is 0.0556. The van der Waals surface area contributed by atoms with Crippen molar-refractivity contribution in [2.75, 3.05) is 6.61 Å². The lowest BCUT2D eigenvalue weighted by Gasteiger charge is -2.08. The summed E-state index contributed by atoms with van der Waals surface area (Å²) in [6.45, 7) is 0.569. The first-order valence-corrected chi connectivity index (χ1v) is 7.09. The third-order valence-electron chi connectivity index (χ3n) is 3.67. The predicted molar refractivity (Wildman–Crippen MR) is 76.0 cm³/mol. The molecule has 4 nitrogen and oxygen atoms in total. The van der Waals surface area contributed by atoms with Gasteiger partial charge >= 0.3 is 0 Å². The zero-order chi connectivity index (χ0) is 13.8. The van der Waals surface area contributed by atoms with E-state index in [4.69, 9.17) is 4.74 Å². The monoisotopic (exact) mass is 270 g/mol. The fourth-order valence-electron chi connectivity index (χ4n) is 2.59. The van der Waals surface area contributed by atoms with Crippen LogP contribution in [0.25, 0.3) is 0 Å². The summed E-state index contributed by atoms with van der Waals surface area (Å²) in [6.07, 6.45) is 9.60. The highest BCUT2D eigenvalue weighted by Gasteiger charge is 2.11. The number of carbonyl (C=O) groups is 1. The summed E-state index contributed by atoms with van der Waals surface area (Å²) in [5.41, 5.74) is 2.87. The van der Waals surface area contributed by atoms with E-state index in [1.54, 1.807) is 12.4 Å². The van der Waals surface area contributed by atoms with Gasteiger partial charge in [0.15, 0.2) is 0 Å². The molecule has 20 heavy (non-hydrogen) atoms. The van der Waals surface area contributed by atoms with Gasteiger partial charge in [-0.1, -0.05) is 6.07 Å². The molecule has 104 valence electrons. The molecule has 0 atom stereocenters. The van der Waals surface area contributed by atoms with Gasteiger partial charge < -0.3 is 4.74 Å². The first kappa shape index (κ1) is 12.9. The normalized spacial score (nSPS) is 13.2. The van der Waals surface area contributed by atoms with Crippen molar-refractivity contribution in [3.05, 3.63) is 48.0 Å². The number of carbonyl (C=O) groups excluding carboxylic acids is 1. The van der Waals surface area contributed by atoms with Crippen LogP contribution < -0.4 is 4.74 Å². The highest BCUT2D eigenvalue weighted by molar-refractivity contribution is 5.78. The lowest BCUT2D eigenvalue weighted by Crippen LogP contribution is -2.10. The molecule has 0 aliphatic heterocycles. The molecule has 0 amide bonds. The van der Waals surface area contributed by atoms with E-state index in [1.165, 1.54) is 34.9 Å². The SMILES string of the molecule is O=C(CCCOc1ccc2c(c1)CCC2)n1ccnc1. The lowest BCUT2D eigenvalue weighted by molar-refractivity contribution is 0.0893. The zero-order valence-corrected chi connectivity index (χ0v) is 11.4. The maximum atomic E-state index is 11.7. The minimum Gasteiger partial charge on any atom is -0.494 e. The van der Waals surface area contributed by atoms with Crippen molar-refractivity contribution in [2.45, 2.75) is 32.1 Å².